The normalized spacial score (nSPS) is 12.4. The van der Waals surface area contributed by atoms with Gasteiger partial charge in [-0.15, -0.1) is 10.2 Å². The Morgan fingerprint density at radius 1 is 1.00 bits per heavy atom. The van der Waals surface area contributed by atoms with E-state index in [-0.39, 0.29) is 18.3 Å². The Bertz CT molecular complexity index is 1380. The molecule has 0 aliphatic carbocycles. The van der Waals surface area contributed by atoms with Crippen LogP contribution in [0.25, 0.3) is 11.6 Å². The molecule has 188 valence electrons. The van der Waals surface area contributed by atoms with Crippen LogP contribution in [0, 0.1) is 20.8 Å². The predicted octanol–water partition coefficient (Wildman–Crippen LogP) is 4.14. The van der Waals surface area contributed by atoms with Gasteiger partial charge in [-0.3, -0.25) is 14.5 Å². The zero-order valence-corrected chi connectivity index (χ0v) is 21.3. The first-order chi connectivity index (χ1) is 17.0. The zero-order chi connectivity index (χ0) is 26.0. The van der Waals surface area contributed by atoms with Crippen LogP contribution in [0.15, 0.2) is 57.4 Å². The first-order valence-electron chi connectivity index (χ1n) is 11.6. The number of furan rings is 2. The SMILES string of the molecule is Cc1ccc(-c2nnn(CC(=O)N(c3ccccc3C)[C@@H](C(=O)NC(C)(C)C)c3ccc(C)o3)n2)o1. The average molecular weight is 491 g/mol. The molecule has 3 heterocycles. The molecule has 1 aromatic carbocycles. The van der Waals surface area contributed by atoms with E-state index in [0.717, 1.165) is 5.56 Å². The van der Waals surface area contributed by atoms with E-state index in [0.29, 0.717) is 28.7 Å². The van der Waals surface area contributed by atoms with Crippen LogP contribution in [-0.2, 0) is 16.1 Å². The van der Waals surface area contributed by atoms with E-state index >= 15 is 0 Å². The quantitative estimate of drug-likeness (QED) is 0.413. The number of para-hydroxylation sites is 1. The number of anilines is 1. The largest absolute Gasteiger partial charge is 0.464 e. The Balaban J connectivity index is 1.74. The lowest BCUT2D eigenvalue weighted by molar-refractivity contribution is -0.128. The maximum atomic E-state index is 13.9. The number of rotatable bonds is 7. The summed E-state index contributed by atoms with van der Waals surface area (Å²) in [5.41, 5.74) is 0.870. The minimum Gasteiger partial charge on any atom is -0.464 e. The van der Waals surface area contributed by atoms with Crippen molar-refractivity contribution in [1.29, 1.82) is 0 Å². The maximum Gasteiger partial charge on any atom is 0.251 e. The fourth-order valence-electron chi connectivity index (χ4n) is 3.82. The molecule has 10 heteroatoms. The standard InChI is InChI=1S/C26H30N6O4/c1-16-9-7-8-10-19(16)32(23(20-13-11-17(2)35-20)25(34)27-26(4,5)6)22(33)15-31-29-24(28-30-31)21-14-12-18(3)36-21/h7-14,23H,15H2,1-6H3,(H,27,34)/t23-/m1/s1. The number of amides is 2. The average Bonchev–Trinajstić information content (AvgIpc) is 3.53. The van der Waals surface area contributed by atoms with E-state index in [2.05, 4.69) is 20.7 Å². The topological polar surface area (TPSA) is 119 Å². The molecule has 4 aromatic rings. The molecule has 0 radical (unpaired) electrons. The van der Waals surface area contributed by atoms with Crippen molar-refractivity contribution < 1.29 is 18.4 Å². The van der Waals surface area contributed by atoms with Gasteiger partial charge < -0.3 is 14.2 Å². The molecule has 0 aliphatic rings. The highest BCUT2D eigenvalue weighted by atomic mass is 16.3. The van der Waals surface area contributed by atoms with Crippen LogP contribution in [0.4, 0.5) is 5.69 Å². The third-order valence-electron chi connectivity index (χ3n) is 5.37. The summed E-state index contributed by atoms with van der Waals surface area (Å²) in [7, 11) is 0. The highest BCUT2D eigenvalue weighted by Crippen LogP contribution is 2.32. The predicted molar refractivity (Wildman–Crippen MR) is 133 cm³/mol. The Labute approximate surface area is 209 Å². The van der Waals surface area contributed by atoms with E-state index < -0.39 is 17.5 Å². The van der Waals surface area contributed by atoms with Gasteiger partial charge in [0.25, 0.3) is 11.8 Å². The number of benzene rings is 1. The molecule has 0 saturated carbocycles. The van der Waals surface area contributed by atoms with Gasteiger partial charge in [-0.1, -0.05) is 18.2 Å². The van der Waals surface area contributed by atoms with Crippen LogP contribution >= 0.6 is 0 Å². The summed E-state index contributed by atoms with van der Waals surface area (Å²) >= 11 is 0. The third-order valence-corrected chi connectivity index (χ3v) is 5.37. The second-order valence-corrected chi connectivity index (χ2v) is 9.69. The van der Waals surface area contributed by atoms with E-state index in [1.165, 1.54) is 9.70 Å². The second kappa shape index (κ2) is 9.80. The molecule has 0 unspecified atom stereocenters. The molecule has 1 N–H and O–H groups in total. The maximum absolute atomic E-state index is 13.9. The summed E-state index contributed by atoms with van der Waals surface area (Å²) in [5, 5.41) is 15.3. The number of tetrazole rings is 1. The number of hydrogen-bond acceptors (Lipinski definition) is 7. The minimum atomic E-state index is -1.05. The summed E-state index contributed by atoms with van der Waals surface area (Å²) in [6.07, 6.45) is 0. The highest BCUT2D eigenvalue weighted by molar-refractivity contribution is 6.01. The van der Waals surface area contributed by atoms with Crippen LogP contribution in [0.2, 0.25) is 0 Å². The number of hydrogen-bond donors (Lipinski definition) is 1. The van der Waals surface area contributed by atoms with Crippen molar-refractivity contribution in [3.05, 3.63) is 71.4 Å². The number of aryl methyl sites for hydroxylation is 3. The lowest BCUT2D eigenvalue weighted by atomic mass is 10.0. The molecule has 1 atom stereocenters. The summed E-state index contributed by atoms with van der Waals surface area (Å²) in [5.74, 6) is 1.64. The van der Waals surface area contributed by atoms with Crippen molar-refractivity contribution in [3.63, 3.8) is 0 Å². The van der Waals surface area contributed by atoms with E-state index in [1.807, 2.05) is 52.8 Å². The van der Waals surface area contributed by atoms with Crippen molar-refractivity contribution in [1.82, 2.24) is 25.5 Å². The number of nitrogens with one attached hydrogen (secondary N) is 1. The van der Waals surface area contributed by atoms with Crippen molar-refractivity contribution in [3.8, 4) is 11.6 Å². The van der Waals surface area contributed by atoms with Gasteiger partial charge in [0, 0.05) is 11.2 Å². The number of carbonyl (C=O) groups is 2. The lowest BCUT2D eigenvalue weighted by Crippen LogP contribution is -2.50. The smallest absolute Gasteiger partial charge is 0.251 e. The first-order valence-corrected chi connectivity index (χ1v) is 11.6. The monoisotopic (exact) mass is 490 g/mol. The van der Waals surface area contributed by atoms with Gasteiger partial charge in [0.15, 0.2) is 11.8 Å². The summed E-state index contributed by atoms with van der Waals surface area (Å²) in [6, 6.07) is 13.3. The Hall–Kier alpha value is -4.21. The van der Waals surface area contributed by atoms with Gasteiger partial charge >= 0.3 is 0 Å². The summed E-state index contributed by atoms with van der Waals surface area (Å²) in [4.78, 5) is 30.1. The fourth-order valence-corrected chi connectivity index (χ4v) is 3.82. The van der Waals surface area contributed by atoms with Crippen molar-refractivity contribution in [2.75, 3.05) is 4.90 Å². The van der Waals surface area contributed by atoms with Crippen LogP contribution in [0.3, 0.4) is 0 Å². The second-order valence-electron chi connectivity index (χ2n) is 9.69. The molecular weight excluding hydrogens is 460 g/mol. The summed E-state index contributed by atoms with van der Waals surface area (Å²) in [6.45, 7) is 10.9. The van der Waals surface area contributed by atoms with Gasteiger partial charge in [0.1, 0.15) is 23.8 Å². The van der Waals surface area contributed by atoms with E-state index in [9.17, 15) is 9.59 Å². The number of nitrogens with zero attached hydrogens (tertiary/aromatic N) is 5. The van der Waals surface area contributed by atoms with Crippen molar-refractivity contribution in [2.24, 2.45) is 0 Å². The van der Waals surface area contributed by atoms with Crippen molar-refractivity contribution >= 4 is 17.5 Å². The van der Waals surface area contributed by atoms with Gasteiger partial charge in [-0.2, -0.15) is 4.80 Å². The zero-order valence-electron chi connectivity index (χ0n) is 21.3. The number of carbonyl (C=O) groups excluding carboxylic acids is 2. The van der Waals surface area contributed by atoms with Crippen LogP contribution in [0.1, 0.15) is 49.7 Å². The molecule has 0 aliphatic heterocycles. The van der Waals surface area contributed by atoms with Gasteiger partial charge in [-0.05, 0) is 82.7 Å². The van der Waals surface area contributed by atoms with Crippen LogP contribution in [0.5, 0.6) is 0 Å². The molecule has 0 fully saturated rings. The fraction of sp³-hybridized carbons (Fsp3) is 0.346. The van der Waals surface area contributed by atoms with E-state index in [4.69, 9.17) is 8.83 Å². The molecular formula is C26H30N6O4. The Morgan fingerprint density at radius 3 is 2.31 bits per heavy atom. The van der Waals surface area contributed by atoms with Crippen LogP contribution in [-0.4, -0.2) is 37.6 Å². The molecule has 0 spiro atoms. The van der Waals surface area contributed by atoms with Gasteiger partial charge in [0.2, 0.25) is 5.82 Å². The molecule has 3 aromatic heterocycles. The number of aromatic nitrogens is 4. The molecule has 2 amide bonds. The molecule has 4 rings (SSSR count). The molecule has 0 saturated heterocycles. The first kappa shape index (κ1) is 24.9. The third kappa shape index (κ3) is 5.54. The Kier molecular flexibility index (Phi) is 6.78. The van der Waals surface area contributed by atoms with Gasteiger partial charge in [0.05, 0.1) is 0 Å². The minimum absolute atomic E-state index is 0.250. The lowest BCUT2D eigenvalue weighted by Gasteiger charge is -2.33. The van der Waals surface area contributed by atoms with E-state index in [1.54, 1.807) is 37.3 Å². The molecule has 36 heavy (non-hydrogen) atoms. The van der Waals surface area contributed by atoms with Crippen molar-refractivity contribution in [2.45, 2.75) is 59.7 Å². The molecule has 10 nitrogen and oxygen atoms in total. The van der Waals surface area contributed by atoms with Gasteiger partial charge in [-0.25, -0.2) is 0 Å². The summed E-state index contributed by atoms with van der Waals surface area (Å²) < 4.78 is 11.4. The Morgan fingerprint density at radius 2 is 1.69 bits per heavy atom. The van der Waals surface area contributed by atoms with Crippen LogP contribution < -0.4 is 10.2 Å². The molecule has 0 bridgehead atoms. The highest BCUT2D eigenvalue weighted by Gasteiger charge is 2.37.